The molecule has 2 aliphatic rings. The van der Waals surface area contributed by atoms with E-state index in [4.69, 9.17) is 20.4 Å². The van der Waals surface area contributed by atoms with Crippen molar-refractivity contribution in [1.82, 2.24) is 24.8 Å². The molecule has 1 amide bonds. The summed E-state index contributed by atoms with van der Waals surface area (Å²) in [5.74, 6) is -2.83. The van der Waals surface area contributed by atoms with Crippen molar-refractivity contribution >= 4 is 34.8 Å². The monoisotopic (exact) mass is 668 g/mol. The Morgan fingerprint density at radius 2 is 1.77 bits per heavy atom. The number of anilines is 2. The summed E-state index contributed by atoms with van der Waals surface area (Å²) in [6, 6.07) is 19.8. The summed E-state index contributed by atoms with van der Waals surface area (Å²) < 4.78 is 51.1. The Kier molecular flexibility index (Phi) is 9.48. The van der Waals surface area contributed by atoms with Crippen LogP contribution in [0.5, 0.6) is 0 Å². The van der Waals surface area contributed by atoms with Gasteiger partial charge < -0.3 is 35.8 Å². The molecule has 254 valence electrons. The highest BCUT2D eigenvalue weighted by Crippen LogP contribution is 2.36. The number of benzene rings is 2. The first-order valence-corrected chi connectivity index (χ1v) is 15.5. The van der Waals surface area contributed by atoms with Gasteiger partial charge in [0.05, 0.1) is 6.33 Å². The number of rotatable bonds is 10. The normalized spacial score (nSPS) is 22.7. The third kappa shape index (κ3) is 6.77. The van der Waals surface area contributed by atoms with Gasteiger partial charge in [-0.1, -0.05) is 60.7 Å². The summed E-state index contributed by atoms with van der Waals surface area (Å²) in [5.41, 5.74) is 8.76. The number of alkyl halides is 3. The average molecular weight is 669 g/mol. The van der Waals surface area contributed by atoms with Crippen LogP contribution in [0.15, 0.2) is 67.0 Å². The van der Waals surface area contributed by atoms with Crippen LogP contribution in [0.25, 0.3) is 11.2 Å². The summed E-state index contributed by atoms with van der Waals surface area (Å²) in [7, 11) is 0. The van der Waals surface area contributed by atoms with Gasteiger partial charge in [-0.2, -0.15) is 23.1 Å². The first-order valence-electron chi connectivity index (χ1n) is 15.5. The topological polar surface area (TPSA) is 170 Å². The number of aliphatic hydroxyl groups is 1. The minimum Gasteiger partial charge on any atom is -0.449 e. The van der Waals surface area contributed by atoms with Crippen LogP contribution in [0.4, 0.5) is 24.9 Å². The van der Waals surface area contributed by atoms with Gasteiger partial charge in [-0.3, -0.25) is 9.36 Å². The van der Waals surface area contributed by atoms with Crippen molar-refractivity contribution in [2.24, 2.45) is 5.73 Å². The molecule has 0 spiro atoms. The second-order valence-corrected chi connectivity index (χ2v) is 11.6. The fourth-order valence-corrected chi connectivity index (χ4v) is 6.01. The maximum atomic E-state index is 13.1. The zero-order valence-electron chi connectivity index (χ0n) is 25.9. The van der Waals surface area contributed by atoms with E-state index in [2.05, 4.69) is 20.4 Å². The number of ether oxygens (including phenoxy) is 2. The van der Waals surface area contributed by atoms with Gasteiger partial charge >= 0.3 is 12.1 Å². The second-order valence-electron chi connectivity index (χ2n) is 11.6. The highest BCUT2D eigenvalue weighted by atomic mass is 19.4. The van der Waals surface area contributed by atoms with Crippen molar-refractivity contribution in [1.29, 1.82) is 0 Å². The molecule has 0 bridgehead atoms. The zero-order chi connectivity index (χ0) is 34.0. The number of carbonyl (C=O) groups is 2. The summed E-state index contributed by atoms with van der Waals surface area (Å²) in [5, 5.41) is 17.1. The molecule has 0 aliphatic carbocycles. The van der Waals surface area contributed by atoms with E-state index < -0.39 is 42.6 Å². The van der Waals surface area contributed by atoms with Gasteiger partial charge in [-0.25, -0.2) is 9.78 Å². The summed E-state index contributed by atoms with van der Waals surface area (Å²) in [6.07, 6.45) is -10.5. The third-order valence-electron chi connectivity index (χ3n) is 8.37. The van der Waals surface area contributed by atoms with E-state index >= 15 is 0 Å². The molecule has 0 unspecified atom stereocenters. The quantitative estimate of drug-likeness (QED) is 0.183. The molecule has 16 heteroatoms. The molecule has 2 fully saturated rings. The second kappa shape index (κ2) is 13.7. The van der Waals surface area contributed by atoms with Crippen LogP contribution in [0.3, 0.4) is 0 Å². The van der Waals surface area contributed by atoms with E-state index in [0.717, 1.165) is 11.1 Å². The zero-order valence-corrected chi connectivity index (χ0v) is 25.9. The fourth-order valence-electron chi connectivity index (χ4n) is 6.01. The van der Waals surface area contributed by atoms with Crippen LogP contribution < -0.4 is 21.3 Å². The molecule has 4 heterocycles. The molecule has 5 N–H and O–H groups in total. The van der Waals surface area contributed by atoms with E-state index in [1.165, 1.54) is 10.9 Å². The van der Waals surface area contributed by atoms with Gasteiger partial charge in [-0.05, 0) is 24.5 Å². The Hall–Kier alpha value is -4.80. The van der Waals surface area contributed by atoms with Crippen LogP contribution in [-0.4, -0.2) is 93.2 Å². The number of esters is 1. The number of fused-ring (bicyclic) bond motifs is 1. The Bertz CT molecular complexity index is 1700. The van der Waals surface area contributed by atoms with Crippen molar-refractivity contribution in [3.05, 3.63) is 78.1 Å². The lowest BCUT2D eigenvalue weighted by molar-refractivity contribution is -0.209. The van der Waals surface area contributed by atoms with Crippen molar-refractivity contribution in [2.45, 2.75) is 56.0 Å². The molecule has 5 atom stereocenters. The number of hydrogen-bond donors (Lipinski definition) is 4. The van der Waals surface area contributed by atoms with Crippen LogP contribution in [-0.2, 0) is 19.1 Å². The van der Waals surface area contributed by atoms with Gasteiger partial charge in [0.15, 0.2) is 35.4 Å². The van der Waals surface area contributed by atoms with E-state index in [9.17, 15) is 27.9 Å². The van der Waals surface area contributed by atoms with Crippen LogP contribution in [0.2, 0.25) is 0 Å². The van der Waals surface area contributed by atoms with E-state index in [0.29, 0.717) is 37.8 Å². The Balaban J connectivity index is 1.38. The number of carbonyl (C=O) groups excluding carboxylic acids is 2. The highest BCUT2D eigenvalue weighted by Gasteiger charge is 2.54. The van der Waals surface area contributed by atoms with Gasteiger partial charge in [0.1, 0.15) is 6.10 Å². The number of aliphatic hydroxyl groups excluding tert-OH is 1. The lowest BCUT2D eigenvalue weighted by atomic mass is 9.91. The predicted octanol–water partition coefficient (Wildman–Crippen LogP) is 2.48. The molecule has 13 nitrogen and oxygen atoms in total. The van der Waals surface area contributed by atoms with E-state index in [1.807, 2.05) is 65.6 Å². The molecule has 2 aliphatic heterocycles. The Morgan fingerprint density at radius 3 is 2.35 bits per heavy atom. The number of nitrogens with two attached hydrogens (primary N) is 1. The molecule has 48 heavy (non-hydrogen) atoms. The molecule has 4 aromatic rings. The number of halogens is 3. The van der Waals surface area contributed by atoms with Gasteiger partial charge in [0.25, 0.3) is 5.91 Å². The first kappa shape index (κ1) is 33.1. The number of amides is 1. The molecule has 6 rings (SSSR count). The van der Waals surface area contributed by atoms with Gasteiger partial charge in [0.2, 0.25) is 5.95 Å². The van der Waals surface area contributed by atoms with Crippen LogP contribution in [0.1, 0.15) is 36.6 Å². The molecular weight excluding hydrogens is 633 g/mol. The molecule has 2 saturated heterocycles. The number of nitrogens with zero attached hydrogens (tertiary/aromatic N) is 5. The van der Waals surface area contributed by atoms with Crippen molar-refractivity contribution in [3.8, 4) is 0 Å². The Labute approximate surface area is 273 Å². The summed E-state index contributed by atoms with van der Waals surface area (Å²) in [6.45, 7) is 3.17. The molecule has 2 aromatic heterocycles. The highest BCUT2D eigenvalue weighted by molar-refractivity contribution is 5.85. The Morgan fingerprint density at radius 1 is 1.10 bits per heavy atom. The number of imidazole rings is 1. The first-order chi connectivity index (χ1) is 23.0. The number of nitrogens with one attached hydrogen (secondary N) is 2. The lowest BCUT2D eigenvalue weighted by Gasteiger charge is -2.22. The number of aromatic nitrogens is 4. The summed E-state index contributed by atoms with van der Waals surface area (Å²) >= 11 is 0. The van der Waals surface area contributed by atoms with Crippen molar-refractivity contribution < 1.29 is 37.3 Å². The van der Waals surface area contributed by atoms with Gasteiger partial charge in [0, 0.05) is 38.1 Å². The molecule has 0 saturated carbocycles. The van der Waals surface area contributed by atoms with Gasteiger partial charge in [-0.15, -0.1) is 0 Å². The molecule has 0 radical (unpaired) electrons. The predicted molar refractivity (Wildman–Crippen MR) is 168 cm³/mol. The third-order valence-corrected chi connectivity index (χ3v) is 8.37. The minimum atomic E-state index is -5.36. The smallest absolute Gasteiger partial charge is 0.449 e. The lowest BCUT2D eigenvalue weighted by Crippen LogP contribution is -2.46. The van der Waals surface area contributed by atoms with Crippen LogP contribution >= 0.6 is 0 Å². The number of likely N-dealkylation sites (N-methyl/N-ethyl adjacent to an activating group) is 1. The fraction of sp³-hybridized carbons (Fsp3) is 0.406. The van der Waals surface area contributed by atoms with E-state index in [-0.39, 0.29) is 29.7 Å². The average Bonchev–Trinajstić information content (AvgIpc) is 3.79. The van der Waals surface area contributed by atoms with Crippen LogP contribution in [0, 0.1) is 0 Å². The molecule has 2 aromatic carbocycles. The number of hydrogen-bond acceptors (Lipinski definition) is 11. The largest absolute Gasteiger partial charge is 0.490 e. The van der Waals surface area contributed by atoms with Crippen molar-refractivity contribution in [2.75, 3.05) is 36.4 Å². The SMILES string of the molecule is CCNC(=O)[C@H]1O[C@@H](n2cnc3c(NCC(c4ccccc4)c4ccccc4)nc(N4CC[C@@H](N)C4)nc32)[C@H](O)[C@@H]1OC(=O)C(F)(F)F. The standard InChI is InChI=1S/C32H35F3N8O5/c1-2-37-28(45)25-24(48-30(46)32(33,34)35)23(44)29(47-25)43-17-39-22-26(40-31(41-27(22)43)42-14-13-20(36)16-42)38-15-21(18-9-5-3-6-10-18)19-11-7-4-8-12-19/h3-12,17,20-21,23-25,29,44H,2,13-16,36H2,1H3,(H,37,45)(H,38,40,41)/t20-,23-,24+,25+,29-/m1/s1. The minimum absolute atomic E-state index is 0.0786. The van der Waals surface area contributed by atoms with Crippen molar-refractivity contribution in [3.63, 3.8) is 0 Å². The van der Waals surface area contributed by atoms with E-state index in [1.54, 1.807) is 6.92 Å². The maximum Gasteiger partial charge on any atom is 0.490 e. The molecular formula is C32H35F3N8O5. The maximum absolute atomic E-state index is 13.1. The summed E-state index contributed by atoms with van der Waals surface area (Å²) in [4.78, 5) is 40.5.